The lowest BCUT2D eigenvalue weighted by atomic mass is 9.88. The zero-order chi connectivity index (χ0) is 19.1. The zero-order valence-corrected chi connectivity index (χ0v) is 16.0. The fraction of sp³-hybridized carbons (Fsp3) is 0.120. The third kappa shape index (κ3) is 2.79. The fourth-order valence-corrected chi connectivity index (χ4v) is 4.30. The number of para-hydroxylation sites is 1. The van der Waals surface area contributed by atoms with Crippen LogP contribution in [0.4, 0.5) is 0 Å². The molecule has 2 nitrogen and oxygen atoms in total. The monoisotopic (exact) mass is 363 g/mol. The average Bonchev–Trinajstić information content (AvgIpc) is 3.07. The van der Waals surface area contributed by atoms with Crippen LogP contribution in [0, 0.1) is 5.92 Å². The maximum Gasteiger partial charge on any atom is 0.304 e. The summed E-state index contributed by atoms with van der Waals surface area (Å²) in [7, 11) is 0.0603. The summed E-state index contributed by atoms with van der Waals surface area (Å²) in [5, 5.41) is 12.0. The van der Waals surface area contributed by atoms with Gasteiger partial charge in [0.05, 0.1) is 11.0 Å². The van der Waals surface area contributed by atoms with Crippen molar-refractivity contribution in [3.8, 4) is 5.69 Å². The van der Waals surface area contributed by atoms with Crippen molar-refractivity contribution in [1.29, 1.82) is 0 Å². The van der Waals surface area contributed by atoms with Crippen LogP contribution in [0.25, 0.3) is 33.1 Å². The summed E-state index contributed by atoms with van der Waals surface area (Å²) >= 11 is 0. The van der Waals surface area contributed by atoms with Crippen LogP contribution in [0.5, 0.6) is 0 Å². The second kappa shape index (κ2) is 6.85. The van der Waals surface area contributed by atoms with Gasteiger partial charge in [0, 0.05) is 16.5 Å². The Hall–Kier alpha value is -3.04. The highest BCUT2D eigenvalue weighted by Gasteiger charge is 2.14. The molecule has 0 aliphatic heterocycles. The summed E-state index contributed by atoms with van der Waals surface area (Å²) in [5.41, 5.74) is 7.14. The van der Waals surface area contributed by atoms with E-state index < -0.39 is 0 Å². The number of hydrogen-bond donors (Lipinski definition) is 1. The van der Waals surface area contributed by atoms with Crippen LogP contribution < -0.4 is 5.46 Å². The average molecular weight is 363 g/mol. The number of hydrogen-bond acceptors (Lipinski definition) is 1. The van der Waals surface area contributed by atoms with Crippen molar-refractivity contribution < 1.29 is 5.02 Å². The summed E-state index contributed by atoms with van der Waals surface area (Å²) in [6.45, 7) is 2.26. The molecule has 4 aromatic rings. The molecule has 0 spiro atoms. The van der Waals surface area contributed by atoms with Gasteiger partial charge in [-0.25, -0.2) is 0 Å². The van der Waals surface area contributed by atoms with E-state index in [2.05, 4.69) is 90.4 Å². The van der Waals surface area contributed by atoms with E-state index >= 15 is 0 Å². The summed E-state index contributed by atoms with van der Waals surface area (Å²) in [6, 6.07) is 23.6. The third-order valence-electron chi connectivity index (χ3n) is 5.67. The first-order chi connectivity index (χ1) is 13.7. The Bertz CT molecular complexity index is 1250. The molecule has 0 radical (unpaired) electrons. The molecule has 5 rings (SSSR count). The van der Waals surface area contributed by atoms with Crippen molar-refractivity contribution in [3.63, 3.8) is 0 Å². The van der Waals surface area contributed by atoms with E-state index in [9.17, 15) is 5.02 Å². The lowest BCUT2D eigenvalue weighted by Gasteiger charge is -2.16. The van der Waals surface area contributed by atoms with Gasteiger partial charge in [-0.3, -0.25) is 0 Å². The molecule has 0 amide bonds. The summed E-state index contributed by atoms with van der Waals surface area (Å²) in [5.74, 6) is 0.578. The second-order valence-electron chi connectivity index (χ2n) is 7.67. The number of fused-ring (bicyclic) bond motifs is 3. The minimum Gasteiger partial charge on any atom is -0.449 e. The van der Waals surface area contributed by atoms with Crippen molar-refractivity contribution >= 4 is 40.3 Å². The van der Waals surface area contributed by atoms with Gasteiger partial charge in [-0.2, -0.15) is 0 Å². The van der Waals surface area contributed by atoms with Crippen molar-refractivity contribution in [3.05, 3.63) is 90.5 Å². The van der Waals surface area contributed by atoms with E-state index in [1.807, 2.05) is 6.07 Å². The van der Waals surface area contributed by atoms with Gasteiger partial charge in [-0.1, -0.05) is 73.1 Å². The summed E-state index contributed by atoms with van der Waals surface area (Å²) < 4.78 is 2.33. The number of allylic oxidation sites excluding steroid dienone is 4. The minimum absolute atomic E-state index is 0.0603. The Morgan fingerprint density at radius 2 is 1.79 bits per heavy atom. The first-order valence-corrected chi connectivity index (χ1v) is 9.86. The molecule has 1 aliphatic rings. The molecule has 0 saturated carbocycles. The minimum atomic E-state index is 0.0603. The fourth-order valence-electron chi connectivity index (χ4n) is 4.30. The van der Waals surface area contributed by atoms with Crippen molar-refractivity contribution in [2.75, 3.05) is 0 Å². The molecule has 3 aromatic carbocycles. The quantitative estimate of drug-likeness (QED) is 0.523. The highest BCUT2D eigenvalue weighted by Crippen LogP contribution is 2.33. The standard InChI is InChI=1S/C25H22BNO/c1-17-6-4-7-18(14-17)19-8-5-9-21(15-19)27-24-11-3-2-10-22(24)23-16-20(26-28)12-13-25(23)27/h2-13,15-17,26,28H,14H2,1H3. The molecule has 1 heterocycles. The first kappa shape index (κ1) is 17.1. The Labute approximate surface area is 165 Å². The molecular weight excluding hydrogens is 341 g/mol. The maximum absolute atomic E-state index is 9.58. The van der Waals surface area contributed by atoms with E-state index in [4.69, 9.17) is 0 Å². The zero-order valence-electron chi connectivity index (χ0n) is 16.0. The molecule has 136 valence electrons. The largest absolute Gasteiger partial charge is 0.449 e. The highest BCUT2D eigenvalue weighted by atomic mass is 16.2. The molecule has 3 heteroatoms. The van der Waals surface area contributed by atoms with Crippen molar-refractivity contribution in [1.82, 2.24) is 4.57 Å². The predicted molar refractivity (Wildman–Crippen MR) is 121 cm³/mol. The van der Waals surface area contributed by atoms with Gasteiger partial charge in [-0.05, 0) is 47.7 Å². The molecule has 1 N–H and O–H groups in total. The van der Waals surface area contributed by atoms with E-state index in [-0.39, 0.29) is 7.48 Å². The lowest BCUT2D eigenvalue weighted by molar-refractivity contribution is 0.615. The predicted octanol–water partition coefficient (Wildman–Crippen LogP) is 4.73. The number of nitrogens with zero attached hydrogens (tertiary/aromatic N) is 1. The smallest absolute Gasteiger partial charge is 0.304 e. The first-order valence-electron chi connectivity index (χ1n) is 9.86. The van der Waals surface area contributed by atoms with Crippen LogP contribution in [0.2, 0.25) is 0 Å². The van der Waals surface area contributed by atoms with Gasteiger partial charge < -0.3 is 9.59 Å². The van der Waals surface area contributed by atoms with Crippen LogP contribution in [0.1, 0.15) is 18.9 Å². The molecule has 1 unspecified atom stereocenters. The highest BCUT2D eigenvalue weighted by molar-refractivity contribution is 6.46. The van der Waals surface area contributed by atoms with Crippen LogP contribution in [0.3, 0.4) is 0 Å². The number of benzene rings is 3. The van der Waals surface area contributed by atoms with Crippen LogP contribution in [0.15, 0.2) is 85.0 Å². The molecule has 28 heavy (non-hydrogen) atoms. The Balaban J connectivity index is 1.74. The third-order valence-corrected chi connectivity index (χ3v) is 5.67. The topological polar surface area (TPSA) is 25.2 Å². The second-order valence-corrected chi connectivity index (χ2v) is 7.67. The summed E-state index contributed by atoms with van der Waals surface area (Å²) in [6.07, 6.45) is 7.75. The Kier molecular flexibility index (Phi) is 4.18. The maximum atomic E-state index is 9.58. The number of aromatic nitrogens is 1. The van der Waals surface area contributed by atoms with Crippen LogP contribution in [-0.2, 0) is 0 Å². The van der Waals surface area contributed by atoms with Gasteiger partial charge in [0.2, 0.25) is 0 Å². The molecule has 0 saturated heterocycles. The summed E-state index contributed by atoms with van der Waals surface area (Å²) in [4.78, 5) is 0. The molecule has 0 fully saturated rings. The molecule has 1 atom stereocenters. The van der Waals surface area contributed by atoms with E-state index in [1.54, 1.807) is 0 Å². The van der Waals surface area contributed by atoms with Gasteiger partial charge in [0.25, 0.3) is 0 Å². The molecule has 0 bridgehead atoms. The van der Waals surface area contributed by atoms with Crippen molar-refractivity contribution in [2.45, 2.75) is 13.3 Å². The molecule has 1 aliphatic carbocycles. The van der Waals surface area contributed by atoms with E-state index in [0.29, 0.717) is 5.92 Å². The van der Waals surface area contributed by atoms with Gasteiger partial charge >= 0.3 is 7.48 Å². The van der Waals surface area contributed by atoms with Crippen LogP contribution in [-0.4, -0.2) is 17.1 Å². The van der Waals surface area contributed by atoms with Gasteiger partial charge in [0.15, 0.2) is 0 Å². The molecule has 1 aromatic heterocycles. The van der Waals surface area contributed by atoms with Crippen molar-refractivity contribution in [2.24, 2.45) is 5.92 Å². The Morgan fingerprint density at radius 3 is 2.64 bits per heavy atom. The van der Waals surface area contributed by atoms with Crippen LogP contribution >= 0.6 is 0 Å². The Morgan fingerprint density at radius 1 is 0.929 bits per heavy atom. The molecular formula is C25H22BNO. The van der Waals surface area contributed by atoms with Gasteiger partial charge in [-0.15, -0.1) is 0 Å². The van der Waals surface area contributed by atoms with E-state index in [0.717, 1.165) is 11.9 Å². The SMILES string of the molecule is CC1C=CC=C(c2cccc(-n3c4ccccc4c4cc(BO)ccc43)c2)C1. The number of rotatable bonds is 3. The van der Waals surface area contributed by atoms with E-state index in [1.165, 1.54) is 38.6 Å². The van der Waals surface area contributed by atoms with Gasteiger partial charge in [0.1, 0.15) is 0 Å². The lowest BCUT2D eigenvalue weighted by Crippen LogP contribution is -2.12. The normalized spacial score (nSPS) is 16.5.